The maximum Gasteiger partial charge on any atom is 0.269 e. The van der Waals surface area contributed by atoms with Gasteiger partial charge in [0.25, 0.3) is 5.69 Å². The smallest absolute Gasteiger partial charge is 0.269 e. The Balaban J connectivity index is 2.37. The zero-order valence-corrected chi connectivity index (χ0v) is 11.4. The topological polar surface area (TPSA) is 89.8 Å². The first kappa shape index (κ1) is 13.9. The van der Waals surface area contributed by atoms with Crippen molar-refractivity contribution in [1.29, 1.82) is 0 Å². The summed E-state index contributed by atoms with van der Waals surface area (Å²) in [6.07, 6.45) is 0. The van der Waals surface area contributed by atoms with E-state index in [1.54, 1.807) is 13.8 Å². The molecule has 1 heterocycles. The number of hydrogen-bond acceptors (Lipinski definition) is 5. The van der Waals surface area contributed by atoms with Crippen LogP contribution in [0.5, 0.6) is 0 Å². The fraction of sp³-hybridized carbons (Fsp3) is 0.455. The molecule has 0 unspecified atom stereocenters. The van der Waals surface area contributed by atoms with E-state index in [1.807, 2.05) is 0 Å². The highest BCUT2D eigenvalue weighted by Crippen LogP contribution is 2.29. The second kappa shape index (κ2) is 4.55. The Morgan fingerprint density at radius 2 is 1.89 bits per heavy atom. The van der Waals surface area contributed by atoms with Crippen molar-refractivity contribution in [3.63, 3.8) is 0 Å². The number of nitrogens with zero attached hydrogens (tertiary/aromatic N) is 2. The molecular formula is C11H14N2O5S. The number of hydrogen-bond donors (Lipinski definition) is 0. The van der Waals surface area contributed by atoms with Gasteiger partial charge in [-0.25, -0.2) is 8.42 Å². The molecule has 0 radical (unpaired) electrons. The molecule has 1 aliphatic rings. The van der Waals surface area contributed by atoms with Crippen LogP contribution in [-0.2, 0) is 14.8 Å². The average Bonchev–Trinajstić information content (AvgIpc) is 2.69. The van der Waals surface area contributed by atoms with Gasteiger partial charge in [0.1, 0.15) is 6.73 Å². The van der Waals surface area contributed by atoms with Gasteiger partial charge in [-0.15, -0.1) is 0 Å². The first-order valence-corrected chi connectivity index (χ1v) is 7.04. The lowest BCUT2D eigenvalue weighted by molar-refractivity contribution is -0.384. The molecule has 8 heteroatoms. The van der Waals surface area contributed by atoms with Crippen molar-refractivity contribution >= 4 is 15.7 Å². The monoisotopic (exact) mass is 286 g/mol. The summed E-state index contributed by atoms with van der Waals surface area (Å²) in [6, 6.07) is 4.83. The fourth-order valence-corrected chi connectivity index (χ4v) is 3.54. The largest absolute Gasteiger partial charge is 0.363 e. The lowest BCUT2D eigenvalue weighted by Crippen LogP contribution is -2.44. The molecule has 1 saturated heterocycles. The Morgan fingerprint density at radius 3 is 2.32 bits per heavy atom. The molecule has 0 N–H and O–H groups in total. The van der Waals surface area contributed by atoms with Gasteiger partial charge < -0.3 is 4.74 Å². The predicted octanol–water partition coefficient (Wildman–Crippen LogP) is 1.35. The molecule has 0 bridgehead atoms. The van der Waals surface area contributed by atoms with Crippen LogP contribution < -0.4 is 0 Å². The minimum Gasteiger partial charge on any atom is -0.363 e. The van der Waals surface area contributed by atoms with E-state index in [0.717, 1.165) is 0 Å². The Hall–Kier alpha value is -1.51. The maximum absolute atomic E-state index is 12.4. The van der Waals surface area contributed by atoms with Crippen LogP contribution in [0.25, 0.3) is 0 Å². The molecule has 0 aromatic heterocycles. The third kappa shape index (κ3) is 2.46. The Bertz CT molecular complexity index is 594. The molecule has 7 nitrogen and oxygen atoms in total. The van der Waals surface area contributed by atoms with Gasteiger partial charge in [-0.3, -0.25) is 10.1 Å². The van der Waals surface area contributed by atoms with Crippen LogP contribution in [0.2, 0.25) is 0 Å². The van der Waals surface area contributed by atoms with Crippen LogP contribution in [0.15, 0.2) is 29.2 Å². The number of benzene rings is 1. The average molecular weight is 286 g/mol. The van der Waals surface area contributed by atoms with Gasteiger partial charge in [-0.2, -0.15) is 4.31 Å². The molecule has 2 rings (SSSR count). The quantitative estimate of drug-likeness (QED) is 0.618. The normalized spacial score (nSPS) is 19.5. The van der Waals surface area contributed by atoms with Crippen LogP contribution in [0.4, 0.5) is 5.69 Å². The molecule has 19 heavy (non-hydrogen) atoms. The minimum absolute atomic E-state index is 0.00762. The minimum atomic E-state index is -3.70. The summed E-state index contributed by atoms with van der Waals surface area (Å²) in [5, 5.41) is 10.5. The summed E-state index contributed by atoms with van der Waals surface area (Å²) in [6.45, 7) is 3.84. The molecular weight excluding hydrogens is 272 g/mol. The molecule has 0 atom stereocenters. The standard InChI is InChI=1S/C11H14N2O5S/c1-11(2)7-18-8-12(11)19(16,17)10-5-3-9(4-6-10)13(14)15/h3-6H,7-8H2,1-2H3. The van der Waals surface area contributed by atoms with Crippen LogP contribution in [0, 0.1) is 10.1 Å². The van der Waals surface area contributed by atoms with Gasteiger partial charge in [0.05, 0.1) is 22.0 Å². The highest BCUT2D eigenvalue weighted by molar-refractivity contribution is 7.89. The molecule has 0 spiro atoms. The Morgan fingerprint density at radius 1 is 1.32 bits per heavy atom. The first-order chi connectivity index (χ1) is 8.75. The summed E-state index contributed by atoms with van der Waals surface area (Å²) >= 11 is 0. The highest BCUT2D eigenvalue weighted by atomic mass is 32.2. The molecule has 1 aromatic rings. The maximum atomic E-state index is 12.4. The summed E-state index contributed by atoms with van der Waals surface area (Å²) in [5.74, 6) is 0. The van der Waals surface area contributed by atoms with Crippen molar-refractivity contribution in [2.75, 3.05) is 13.3 Å². The zero-order valence-electron chi connectivity index (χ0n) is 10.6. The Kier molecular flexibility index (Phi) is 3.33. The third-order valence-corrected chi connectivity index (χ3v) is 5.02. The molecule has 0 aliphatic carbocycles. The number of nitro groups is 1. The number of nitro benzene ring substituents is 1. The molecule has 0 amide bonds. The van der Waals surface area contributed by atoms with Crippen LogP contribution in [-0.4, -0.2) is 36.5 Å². The van der Waals surface area contributed by atoms with Gasteiger partial charge >= 0.3 is 0 Å². The van der Waals surface area contributed by atoms with Gasteiger partial charge in [-0.05, 0) is 26.0 Å². The fourth-order valence-electron chi connectivity index (χ4n) is 1.89. The molecule has 104 valence electrons. The number of rotatable bonds is 3. The highest BCUT2D eigenvalue weighted by Gasteiger charge is 2.42. The summed E-state index contributed by atoms with van der Waals surface area (Å²) in [5.41, 5.74) is -0.767. The molecule has 1 aromatic carbocycles. The first-order valence-electron chi connectivity index (χ1n) is 5.60. The summed E-state index contributed by atoms with van der Waals surface area (Å²) < 4.78 is 31.2. The van der Waals surface area contributed by atoms with Crippen molar-refractivity contribution in [2.45, 2.75) is 24.3 Å². The van der Waals surface area contributed by atoms with Crippen molar-refractivity contribution in [2.24, 2.45) is 0 Å². The van der Waals surface area contributed by atoms with Crippen molar-refractivity contribution < 1.29 is 18.1 Å². The molecule has 1 aliphatic heterocycles. The van der Waals surface area contributed by atoms with Gasteiger partial charge in [0.2, 0.25) is 10.0 Å². The van der Waals surface area contributed by atoms with Crippen molar-refractivity contribution in [1.82, 2.24) is 4.31 Å². The van der Waals surface area contributed by atoms with E-state index >= 15 is 0 Å². The number of sulfonamides is 1. The van der Waals surface area contributed by atoms with E-state index in [0.29, 0.717) is 6.61 Å². The van der Waals surface area contributed by atoms with E-state index in [4.69, 9.17) is 4.74 Å². The number of ether oxygens (including phenoxy) is 1. The van der Waals surface area contributed by atoms with Gasteiger partial charge in [-0.1, -0.05) is 0 Å². The van der Waals surface area contributed by atoms with Crippen LogP contribution >= 0.6 is 0 Å². The van der Waals surface area contributed by atoms with E-state index < -0.39 is 20.5 Å². The summed E-state index contributed by atoms with van der Waals surface area (Å²) in [4.78, 5) is 10.0. The second-order valence-electron chi connectivity index (χ2n) is 4.89. The van der Waals surface area contributed by atoms with E-state index in [-0.39, 0.29) is 17.3 Å². The predicted molar refractivity (Wildman–Crippen MR) is 67.0 cm³/mol. The SMILES string of the molecule is CC1(C)COCN1S(=O)(=O)c1ccc([N+](=O)[O-])cc1. The van der Waals surface area contributed by atoms with Crippen molar-refractivity contribution in [3.8, 4) is 0 Å². The van der Waals surface area contributed by atoms with E-state index in [2.05, 4.69) is 0 Å². The van der Waals surface area contributed by atoms with Gasteiger partial charge in [0, 0.05) is 12.1 Å². The van der Waals surface area contributed by atoms with E-state index in [9.17, 15) is 18.5 Å². The zero-order chi connectivity index (χ0) is 14.3. The van der Waals surface area contributed by atoms with Crippen LogP contribution in [0.1, 0.15) is 13.8 Å². The van der Waals surface area contributed by atoms with Crippen LogP contribution in [0.3, 0.4) is 0 Å². The van der Waals surface area contributed by atoms with Gasteiger partial charge in [0.15, 0.2) is 0 Å². The lowest BCUT2D eigenvalue weighted by atomic mass is 10.1. The molecule has 0 saturated carbocycles. The third-order valence-electron chi connectivity index (χ3n) is 2.97. The van der Waals surface area contributed by atoms with E-state index in [1.165, 1.54) is 28.6 Å². The lowest BCUT2D eigenvalue weighted by Gasteiger charge is -2.27. The van der Waals surface area contributed by atoms with Crippen molar-refractivity contribution in [3.05, 3.63) is 34.4 Å². The second-order valence-corrected chi connectivity index (χ2v) is 6.76. The molecule has 1 fully saturated rings. The summed E-state index contributed by atoms with van der Waals surface area (Å²) in [7, 11) is -3.70. The number of non-ortho nitro benzene ring substituents is 1. The Labute approximate surface area is 111 Å².